The summed E-state index contributed by atoms with van der Waals surface area (Å²) in [6.45, 7) is 4.14. The monoisotopic (exact) mass is 269 g/mol. The first-order valence-electron chi connectivity index (χ1n) is 6.64. The van der Waals surface area contributed by atoms with E-state index in [2.05, 4.69) is 0 Å². The molecule has 2 aromatic carbocycles. The predicted octanol–water partition coefficient (Wildman–Crippen LogP) is 3.42. The molecule has 0 heterocycles. The number of aryl methyl sites for hydroxylation is 1. The average Bonchev–Trinajstić information content (AvgIpc) is 2.45. The largest absolute Gasteiger partial charge is 0.460 e. The number of anilines is 1. The minimum Gasteiger partial charge on any atom is -0.460 e. The highest BCUT2D eigenvalue weighted by Crippen LogP contribution is 2.20. The highest BCUT2D eigenvalue weighted by molar-refractivity contribution is 5.78. The Kier molecular flexibility index (Phi) is 4.41. The molecular formula is C17H19NO2. The number of ether oxygens (including phenoxy) is 1. The van der Waals surface area contributed by atoms with Crippen LogP contribution >= 0.6 is 0 Å². The molecule has 2 rings (SSSR count). The van der Waals surface area contributed by atoms with E-state index in [-0.39, 0.29) is 11.9 Å². The zero-order valence-electron chi connectivity index (χ0n) is 11.8. The van der Waals surface area contributed by atoms with Crippen molar-refractivity contribution in [2.45, 2.75) is 26.4 Å². The summed E-state index contributed by atoms with van der Waals surface area (Å²) >= 11 is 0. The lowest BCUT2D eigenvalue weighted by Crippen LogP contribution is -2.13. The zero-order valence-corrected chi connectivity index (χ0v) is 11.8. The van der Waals surface area contributed by atoms with Crippen LogP contribution in [0.1, 0.15) is 29.5 Å². The summed E-state index contributed by atoms with van der Waals surface area (Å²) in [6, 6.07) is 15.2. The lowest BCUT2D eigenvalue weighted by molar-refractivity contribution is -0.146. The molecule has 3 nitrogen and oxygen atoms in total. The number of benzene rings is 2. The molecule has 0 saturated carbocycles. The highest BCUT2D eigenvalue weighted by atomic mass is 16.5. The van der Waals surface area contributed by atoms with E-state index in [1.165, 1.54) is 0 Å². The van der Waals surface area contributed by atoms with Gasteiger partial charge in [0.2, 0.25) is 0 Å². The normalized spacial score (nSPS) is 11.9. The third-order valence-corrected chi connectivity index (χ3v) is 3.40. The van der Waals surface area contributed by atoms with Crippen molar-refractivity contribution in [1.82, 2.24) is 0 Å². The number of carbonyl (C=O) groups excluding carboxylic acids is 1. The molecule has 2 aromatic rings. The van der Waals surface area contributed by atoms with Crippen LogP contribution in [0.25, 0.3) is 0 Å². The second-order valence-electron chi connectivity index (χ2n) is 4.93. The van der Waals surface area contributed by atoms with Gasteiger partial charge in [0, 0.05) is 5.69 Å². The van der Waals surface area contributed by atoms with E-state index in [9.17, 15) is 4.79 Å². The van der Waals surface area contributed by atoms with Crippen LogP contribution in [0.3, 0.4) is 0 Å². The number of nitrogen functional groups attached to an aromatic ring is 1. The summed E-state index contributed by atoms with van der Waals surface area (Å²) in [7, 11) is 0. The smallest absolute Gasteiger partial charge is 0.313 e. The maximum atomic E-state index is 12.1. The van der Waals surface area contributed by atoms with Crippen molar-refractivity contribution >= 4 is 11.7 Å². The topological polar surface area (TPSA) is 52.3 Å². The fourth-order valence-electron chi connectivity index (χ4n) is 2.01. The summed E-state index contributed by atoms with van der Waals surface area (Å²) in [5, 5.41) is 0. The fraction of sp³-hybridized carbons (Fsp3) is 0.235. The molecule has 0 bridgehead atoms. The summed E-state index contributed by atoms with van der Waals surface area (Å²) in [5.74, 6) is -0.554. The number of hydrogen-bond donors (Lipinski definition) is 1. The highest BCUT2D eigenvalue weighted by Gasteiger charge is 2.17. The van der Waals surface area contributed by atoms with E-state index in [4.69, 9.17) is 10.5 Å². The number of hydrogen-bond acceptors (Lipinski definition) is 3. The van der Waals surface area contributed by atoms with Crippen molar-refractivity contribution in [3.63, 3.8) is 0 Å². The van der Waals surface area contributed by atoms with E-state index in [1.54, 1.807) is 12.1 Å². The number of rotatable bonds is 4. The Hall–Kier alpha value is -2.29. The van der Waals surface area contributed by atoms with Crippen molar-refractivity contribution in [2.75, 3.05) is 5.73 Å². The van der Waals surface area contributed by atoms with Gasteiger partial charge in [0.15, 0.2) is 0 Å². The molecule has 0 amide bonds. The van der Waals surface area contributed by atoms with E-state index in [1.807, 2.05) is 50.2 Å². The molecule has 1 atom stereocenters. The Morgan fingerprint density at radius 3 is 2.65 bits per heavy atom. The number of carbonyl (C=O) groups is 1. The van der Waals surface area contributed by atoms with Gasteiger partial charge < -0.3 is 10.5 Å². The van der Waals surface area contributed by atoms with Gasteiger partial charge in [-0.15, -0.1) is 0 Å². The maximum Gasteiger partial charge on any atom is 0.313 e. The molecule has 0 aliphatic heterocycles. The Bertz CT molecular complexity index is 607. The first-order chi connectivity index (χ1) is 9.58. The molecule has 0 saturated heterocycles. The van der Waals surface area contributed by atoms with Crippen LogP contribution in [0, 0.1) is 6.92 Å². The Morgan fingerprint density at radius 1 is 1.20 bits per heavy atom. The van der Waals surface area contributed by atoms with Gasteiger partial charge in [0.1, 0.15) is 6.61 Å². The number of nitrogens with two attached hydrogens (primary N) is 1. The van der Waals surface area contributed by atoms with Gasteiger partial charge in [0.05, 0.1) is 5.92 Å². The minimum absolute atomic E-state index is 0.237. The van der Waals surface area contributed by atoms with Gasteiger partial charge in [-0.25, -0.2) is 0 Å². The standard InChI is InChI=1S/C17H19NO2/c1-12-6-3-4-7-15(12)11-20-17(19)13(2)14-8-5-9-16(18)10-14/h3-10,13H,11,18H2,1-2H3. The van der Waals surface area contributed by atoms with Gasteiger partial charge in [-0.1, -0.05) is 36.4 Å². The molecule has 0 aromatic heterocycles. The SMILES string of the molecule is Cc1ccccc1COC(=O)C(C)c1cccc(N)c1. The summed E-state index contributed by atoms with van der Waals surface area (Å²) in [4.78, 5) is 12.1. The molecular weight excluding hydrogens is 250 g/mol. The third kappa shape index (κ3) is 3.38. The molecule has 0 radical (unpaired) electrons. The first-order valence-corrected chi connectivity index (χ1v) is 6.64. The average molecular weight is 269 g/mol. The molecule has 0 fully saturated rings. The van der Waals surface area contributed by atoms with Crippen molar-refractivity contribution in [3.8, 4) is 0 Å². The third-order valence-electron chi connectivity index (χ3n) is 3.40. The lowest BCUT2D eigenvalue weighted by atomic mass is 10.0. The molecule has 104 valence electrons. The molecule has 0 aliphatic carbocycles. The van der Waals surface area contributed by atoms with Crippen LogP contribution in [-0.4, -0.2) is 5.97 Å². The molecule has 1 unspecified atom stereocenters. The van der Waals surface area contributed by atoms with Crippen LogP contribution in [0.5, 0.6) is 0 Å². The quantitative estimate of drug-likeness (QED) is 0.683. The van der Waals surface area contributed by atoms with Crippen LogP contribution in [0.15, 0.2) is 48.5 Å². The van der Waals surface area contributed by atoms with E-state index in [0.29, 0.717) is 12.3 Å². The summed E-state index contributed by atoms with van der Waals surface area (Å²) < 4.78 is 5.39. The second kappa shape index (κ2) is 6.24. The molecule has 0 aliphatic rings. The van der Waals surface area contributed by atoms with E-state index < -0.39 is 0 Å². The van der Waals surface area contributed by atoms with E-state index >= 15 is 0 Å². The Morgan fingerprint density at radius 2 is 1.95 bits per heavy atom. The molecule has 3 heteroatoms. The van der Waals surface area contributed by atoms with Crippen LogP contribution in [-0.2, 0) is 16.1 Å². The van der Waals surface area contributed by atoms with Crippen LogP contribution in [0.2, 0.25) is 0 Å². The second-order valence-corrected chi connectivity index (χ2v) is 4.93. The lowest BCUT2D eigenvalue weighted by Gasteiger charge is -2.13. The van der Waals surface area contributed by atoms with Crippen molar-refractivity contribution in [2.24, 2.45) is 0 Å². The maximum absolute atomic E-state index is 12.1. The van der Waals surface area contributed by atoms with Crippen LogP contribution < -0.4 is 5.73 Å². The van der Waals surface area contributed by atoms with Gasteiger partial charge in [-0.2, -0.15) is 0 Å². The Labute approximate surface area is 119 Å². The van der Waals surface area contributed by atoms with Crippen LogP contribution in [0.4, 0.5) is 5.69 Å². The van der Waals surface area contributed by atoms with Crippen molar-refractivity contribution in [3.05, 3.63) is 65.2 Å². The van der Waals surface area contributed by atoms with E-state index in [0.717, 1.165) is 16.7 Å². The molecule has 20 heavy (non-hydrogen) atoms. The van der Waals surface area contributed by atoms with Gasteiger partial charge >= 0.3 is 5.97 Å². The first kappa shape index (κ1) is 14.1. The van der Waals surface area contributed by atoms with Crippen molar-refractivity contribution < 1.29 is 9.53 Å². The fourth-order valence-corrected chi connectivity index (χ4v) is 2.01. The zero-order chi connectivity index (χ0) is 14.5. The molecule has 2 N–H and O–H groups in total. The summed E-state index contributed by atoms with van der Waals surface area (Å²) in [5.41, 5.74) is 9.41. The van der Waals surface area contributed by atoms with Crippen molar-refractivity contribution in [1.29, 1.82) is 0 Å². The Balaban J connectivity index is 2.00. The summed E-state index contributed by atoms with van der Waals surface area (Å²) in [6.07, 6.45) is 0. The van der Waals surface area contributed by atoms with Gasteiger partial charge in [0.25, 0.3) is 0 Å². The number of esters is 1. The van der Waals surface area contributed by atoms with Gasteiger partial charge in [-0.05, 0) is 42.7 Å². The minimum atomic E-state index is -0.317. The molecule has 0 spiro atoms. The van der Waals surface area contributed by atoms with Gasteiger partial charge in [-0.3, -0.25) is 4.79 Å². The predicted molar refractivity (Wildman–Crippen MR) is 80.2 cm³/mol.